The Labute approximate surface area is 151 Å². The Hall–Kier alpha value is -1.60. The maximum absolute atomic E-state index is 12.2. The summed E-state index contributed by atoms with van der Waals surface area (Å²) in [6.45, 7) is 4.56. The minimum Gasteiger partial charge on any atom is -0.352 e. The first-order chi connectivity index (χ1) is 11.8. The van der Waals surface area contributed by atoms with Crippen LogP contribution in [0, 0.1) is 5.92 Å². The van der Waals surface area contributed by atoms with Crippen molar-refractivity contribution in [1.29, 1.82) is 0 Å². The number of anilines is 1. The molecule has 0 aliphatic carbocycles. The van der Waals surface area contributed by atoms with E-state index >= 15 is 0 Å². The molecule has 0 spiro atoms. The molecule has 0 unspecified atom stereocenters. The van der Waals surface area contributed by atoms with Gasteiger partial charge in [-0.2, -0.15) is 0 Å². The third kappa shape index (κ3) is 5.44. The van der Waals surface area contributed by atoms with Gasteiger partial charge < -0.3 is 10.2 Å². The zero-order valence-corrected chi connectivity index (χ0v) is 16.2. The number of carbonyl (C=O) groups excluding carboxylic acids is 1. The Morgan fingerprint density at radius 2 is 1.84 bits per heavy atom. The van der Waals surface area contributed by atoms with E-state index in [9.17, 15) is 13.2 Å². The Kier molecular flexibility index (Phi) is 6.84. The maximum Gasteiger partial charge on any atom is 0.251 e. The first-order valence-electron chi connectivity index (χ1n) is 8.87. The van der Waals surface area contributed by atoms with Gasteiger partial charge in [0.25, 0.3) is 5.91 Å². The number of benzene rings is 1. The standard InChI is InChI=1S/C18H29N3O3S/c1-4-25(23,24)21(3)17-7-5-16(6-8-17)18(22)19-12-9-15-10-13-20(2)14-11-15/h5-8,15H,4,9-14H2,1-3H3,(H,19,22). The highest BCUT2D eigenvalue weighted by Gasteiger charge is 2.18. The summed E-state index contributed by atoms with van der Waals surface area (Å²) >= 11 is 0. The molecule has 7 heteroatoms. The summed E-state index contributed by atoms with van der Waals surface area (Å²) in [6.07, 6.45) is 3.40. The van der Waals surface area contributed by atoms with Crippen molar-refractivity contribution in [2.45, 2.75) is 26.2 Å². The van der Waals surface area contributed by atoms with Gasteiger partial charge >= 0.3 is 0 Å². The van der Waals surface area contributed by atoms with Gasteiger partial charge in [0.05, 0.1) is 11.4 Å². The van der Waals surface area contributed by atoms with Gasteiger partial charge in [-0.1, -0.05) is 0 Å². The summed E-state index contributed by atoms with van der Waals surface area (Å²) in [6, 6.07) is 6.67. The van der Waals surface area contributed by atoms with Crippen LogP contribution in [0.1, 0.15) is 36.5 Å². The van der Waals surface area contributed by atoms with Crippen LogP contribution >= 0.6 is 0 Å². The van der Waals surface area contributed by atoms with Gasteiger partial charge in [-0.25, -0.2) is 8.42 Å². The number of nitrogens with one attached hydrogen (secondary N) is 1. The van der Waals surface area contributed by atoms with Crippen molar-refractivity contribution in [1.82, 2.24) is 10.2 Å². The summed E-state index contributed by atoms with van der Waals surface area (Å²) in [5, 5.41) is 2.96. The normalized spacial score (nSPS) is 16.6. The lowest BCUT2D eigenvalue weighted by atomic mass is 9.94. The molecule has 0 saturated carbocycles. The van der Waals surface area contributed by atoms with Crippen LogP contribution in [0.2, 0.25) is 0 Å². The number of rotatable bonds is 7. The second kappa shape index (κ2) is 8.67. The van der Waals surface area contributed by atoms with Crippen LogP contribution < -0.4 is 9.62 Å². The smallest absolute Gasteiger partial charge is 0.251 e. The van der Waals surface area contributed by atoms with Crippen molar-refractivity contribution in [2.24, 2.45) is 5.92 Å². The van der Waals surface area contributed by atoms with Crippen LogP contribution in [0.15, 0.2) is 24.3 Å². The molecule has 1 aliphatic rings. The third-order valence-electron chi connectivity index (χ3n) is 4.95. The van der Waals surface area contributed by atoms with Gasteiger partial charge in [0.15, 0.2) is 0 Å². The van der Waals surface area contributed by atoms with E-state index < -0.39 is 10.0 Å². The van der Waals surface area contributed by atoms with Crippen LogP contribution in [0.3, 0.4) is 0 Å². The molecule has 1 N–H and O–H groups in total. The zero-order valence-electron chi connectivity index (χ0n) is 15.4. The topological polar surface area (TPSA) is 69.7 Å². The Morgan fingerprint density at radius 1 is 1.24 bits per heavy atom. The number of carbonyl (C=O) groups is 1. The van der Waals surface area contributed by atoms with Gasteiger partial charge in [0.2, 0.25) is 10.0 Å². The van der Waals surface area contributed by atoms with E-state index in [0.29, 0.717) is 23.7 Å². The molecule has 2 rings (SSSR count). The molecule has 1 aliphatic heterocycles. The fourth-order valence-electron chi connectivity index (χ4n) is 3.02. The second-order valence-corrected chi connectivity index (χ2v) is 9.00. The number of hydrogen-bond donors (Lipinski definition) is 1. The molecule has 140 valence electrons. The van der Waals surface area contributed by atoms with Gasteiger partial charge in [-0.15, -0.1) is 0 Å². The van der Waals surface area contributed by atoms with Gasteiger partial charge in [-0.05, 0) is 76.5 Å². The molecule has 1 saturated heterocycles. The maximum atomic E-state index is 12.2. The number of sulfonamides is 1. The number of likely N-dealkylation sites (tertiary alicyclic amines) is 1. The number of nitrogens with zero attached hydrogens (tertiary/aromatic N) is 2. The molecular formula is C18H29N3O3S. The second-order valence-electron chi connectivity index (χ2n) is 6.71. The Bertz CT molecular complexity index is 665. The average molecular weight is 368 g/mol. The van der Waals surface area contributed by atoms with Crippen molar-refractivity contribution in [3.05, 3.63) is 29.8 Å². The van der Waals surface area contributed by atoms with Gasteiger partial charge in [-0.3, -0.25) is 9.10 Å². The van der Waals surface area contributed by atoms with E-state index in [4.69, 9.17) is 0 Å². The van der Waals surface area contributed by atoms with Gasteiger partial charge in [0.1, 0.15) is 0 Å². The number of hydrogen-bond acceptors (Lipinski definition) is 4. The van der Waals surface area contributed by atoms with Crippen LogP contribution in [0.25, 0.3) is 0 Å². The largest absolute Gasteiger partial charge is 0.352 e. The summed E-state index contributed by atoms with van der Waals surface area (Å²) in [5.74, 6) is 0.621. The van der Waals surface area contributed by atoms with Crippen molar-refractivity contribution in [2.75, 3.05) is 43.8 Å². The SMILES string of the molecule is CCS(=O)(=O)N(C)c1ccc(C(=O)NCCC2CCN(C)CC2)cc1. The van der Waals surface area contributed by atoms with Crippen LogP contribution in [-0.2, 0) is 10.0 Å². The number of amides is 1. The fraction of sp³-hybridized carbons (Fsp3) is 0.611. The first-order valence-corrected chi connectivity index (χ1v) is 10.5. The van der Waals surface area contributed by atoms with Crippen molar-refractivity contribution < 1.29 is 13.2 Å². The molecule has 1 amide bonds. The van der Waals surface area contributed by atoms with Crippen LogP contribution in [-0.4, -0.2) is 58.7 Å². The van der Waals surface area contributed by atoms with Crippen LogP contribution in [0.5, 0.6) is 0 Å². The number of piperidine rings is 1. The predicted molar refractivity (Wildman–Crippen MR) is 101 cm³/mol. The summed E-state index contributed by atoms with van der Waals surface area (Å²) in [7, 11) is 0.381. The molecule has 0 radical (unpaired) electrons. The quantitative estimate of drug-likeness (QED) is 0.799. The molecule has 25 heavy (non-hydrogen) atoms. The van der Waals surface area contributed by atoms with E-state index in [1.54, 1.807) is 31.2 Å². The zero-order chi connectivity index (χ0) is 18.4. The highest BCUT2D eigenvalue weighted by atomic mass is 32.2. The molecule has 0 aromatic heterocycles. The van der Waals surface area contributed by atoms with Crippen molar-refractivity contribution in [3.8, 4) is 0 Å². The van der Waals surface area contributed by atoms with Crippen molar-refractivity contribution in [3.63, 3.8) is 0 Å². The van der Waals surface area contributed by atoms with E-state index in [0.717, 1.165) is 19.5 Å². The fourth-order valence-corrected chi connectivity index (χ4v) is 3.85. The third-order valence-corrected chi connectivity index (χ3v) is 6.73. The monoisotopic (exact) mass is 367 g/mol. The van der Waals surface area contributed by atoms with Crippen molar-refractivity contribution >= 4 is 21.6 Å². The predicted octanol–water partition coefficient (Wildman–Crippen LogP) is 1.93. The molecule has 1 aromatic rings. The lowest BCUT2D eigenvalue weighted by Gasteiger charge is -2.28. The van der Waals surface area contributed by atoms with E-state index in [-0.39, 0.29) is 11.7 Å². The molecular weight excluding hydrogens is 338 g/mol. The molecule has 1 fully saturated rings. The minimum absolute atomic E-state index is 0.0443. The molecule has 1 heterocycles. The summed E-state index contributed by atoms with van der Waals surface area (Å²) < 4.78 is 25.0. The Balaban J connectivity index is 1.84. The summed E-state index contributed by atoms with van der Waals surface area (Å²) in [4.78, 5) is 14.6. The van der Waals surface area contributed by atoms with E-state index in [2.05, 4.69) is 17.3 Å². The highest BCUT2D eigenvalue weighted by Crippen LogP contribution is 2.19. The van der Waals surface area contributed by atoms with E-state index in [1.807, 2.05) is 0 Å². The first kappa shape index (κ1) is 19.7. The highest BCUT2D eigenvalue weighted by molar-refractivity contribution is 7.92. The molecule has 0 atom stereocenters. The van der Waals surface area contributed by atoms with Crippen LogP contribution in [0.4, 0.5) is 5.69 Å². The lowest BCUT2D eigenvalue weighted by molar-refractivity contribution is 0.0949. The van der Waals surface area contributed by atoms with Gasteiger partial charge in [0, 0.05) is 19.2 Å². The molecule has 6 nitrogen and oxygen atoms in total. The molecule has 1 aromatic carbocycles. The molecule has 0 bridgehead atoms. The minimum atomic E-state index is -3.29. The van der Waals surface area contributed by atoms with E-state index in [1.165, 1.54) is 24.2 Å². The average Bonchev–Trinajstić information content (AvgIpc) is 2.62. The Morgan fingerprint density at radius 3 is 2.40 bits per heavy atom. The lowest BCUT2D eigenvalue weighted by Crippen LogP contribution is -2.32. The summed E-state index contributed by atoms with van der Waals surface area (Å²) in [5.41, 5.74) is 1.11.